The molecule has 0 saturated heterocycles. The Morgan fingerprint density at radius 2 is 1.67 bits per heavy atom. The van der Waals surface area contributed by atoms with Crippen LogP contribution in [-0.2, 0) is 6.42 Å². The van der Waals surface area contributed by atoms with Gasteiger partial charge in [0, 0.05) is 22.6 Å². The summed E-state index contributed by atoms with van der Waals surface area (Å²) >= 11 is 6.08. The first-order chi connectivity index (χ1) is 13.2. The monoisotopic (exact) mass is 377 g/mol. The molecule has 1 atom stereocenters. The van der Waals surface area contributed by atoms with E-state index in [4.69, 9.17) is 22.4 Å². The molecule has 0 bridgehead atoms. The van der Waals surface area contributed by atoms with Gasteiger partial charge in [-0.25, -0.2) is 0 Å². The Morgan fingerprint density at radius 1 is 0.963 bits per heavy atom. The smallest absolute Gasteiger partial charge is 0.141 e. The van der Waals surface area contributed by atoms with Gasteiger partial charge in [0.15, 0.2) is 0 Å². The summed E-state index contributed by atoms with van der Waals surface area (Å²) in [5.74, 6) is 5.80. The molecule has 27 heavy (non-hydrogen) atoms. The first kappa shape index (κ1) is 17.7. The van der Waals surface area contributed by atoms with Crippen molar-refractivity contribution in [1.29, 1.82) is 0 Å². The van der Waals surface area contributed by atoms with Crippen LogP contribution in [0.5, 0.6) is 0 Å². The summed E-state index contributed by atoms with van der Waals surface area (Å²) in [6.45, 7) is 0. The van der Waals surface area contributed by atoms with Gasteiger partial charge in [-0.2, -0.15) is 5.53 Å². The summed E-state index contributed by atoms with van der Waals surface area (Å²) in [6.07, 6.45) is 0.457. The van der Waals surface area contributed by atoms with Crippen LogP contribution in [0.2, 0.25) is 5.02 Å². The maximum Gasteiger partial charge on any atom is 0.141 e. The highest BCUT2D eigenvalue weighted by Crippen LogP contribution is 2.26. The van der Waals surface area contributed by atoms with Gasteiger partial charge in [0.2, 0.25) is 0 Å². The van der Waals surface area contributed by atoms with E-state index in [1.54, 1.807) is 5.12 Å². The molecule has 1 aliphatic rings. The van der Waals surface area contributed by atoms with E-state index >= 15 is 0 Å². The molecule has 136 valence electrons. The molecule has 3 aromatic carbocycles. The van der Waals surface area contributed by atoms with Crippen molar-refractivity contribution in [2.45, 2.75) is 12.6 Å². The summed E-state index contributed by atoms with van der Waals surface area (Å²) in [7, 11) is 0. The van der Waals surface area contributed by atoms with E-state index in [2.05, 4.69) is 29.2 Å². The van der Waals surface area contributed by atoms with Crippen molar-refractivity contribution in [1.82, 2.24) is 10.7 Å². The standard InChI is InChI=1S/C21H20ClN5/c22-17-12-10-16(11-13-17)21-18-8-4-5-9-19(18)25-27(26-23)20(24-21)14-15-6-2-1-3-7-15/h1-13,20,25-26H,14,23H2. The van der Waals surface area contributed by atoms with Crippen molar-refractivity contribution >= 4 is 23.0 Å². The number of benzene rings is 3. The topological polar surface area (TPSA) is 65.7 Å². The van der Waals surface area contributed by atoms with Crippen LogP contribution in [0.15, 0.2) is 83.9 Å². The fraction of sp³-hybridized carbons (Fsp3) is 0.0952. The minimum atomic E-state index is -0.240. The van der Waals surface area contributed by atoms with Crippen LogP contribution in [0.3, 0.4) is 0 Å². The molecule has 3 aromatic rings. The van der Waals surface area contributed by atoms with E-state index < -0.39 is 0 Å². The van der Waals surface area contributed by atoms with Gasteiger partial charge >= 0.3 is 0 Å². The summed E-state index contributed by atoms with van der Waals surface area (Å²) < 4.78 is 0. The van der Waals surface area contributed by atoms with Crippen LogP contribution in [0.1, 0.15) is 16.7 Å². The van der Waals surface area contributed by atoms with E-state index in [1.165, 1.54) is 5.56 Å². The van der Waals surface area contributed by atoms with Gasteiger partial charge in [-0.15, -0.1) is 5.12 Å². The van der Waals surface area contributed by atoms with Crippen LogP contribution in [0.25, 0.3) is 0 Å². The Kier molecular flexibility index (Phi) is 5.18. The Balaban J connectivity index is 1.81. The summed E-state index contributed by atoms with van der Waals surface area (Å²) in [5.41, 5.74) is 11.1. The Labute approximate surface area is 163 Å². The Morgan fingerprint density at radius 3 is 2.41 bits per heavy atom. The van der Waals surface area contributed by atoms with Gasteiger partial charge < -0.3 is 5.43 Å². The van der Waals surface area contributed by atoms with Gasteiger partial charge in [-0.1, -0.05) is 72.3 Å². The predicted molar refractivity (Wildman–Crippen MR) is 110 cm³/mol. The molecule has 1 heterocycles. The van der Waals surface area contributed by atoms with Gasteiger partial charge in [0.25, 0.3) is 0 Å². The first-order valence-electron chi connectivity index (χ1n) is 8.74. The number of nitrogens with zero attached hydrogens (tertiary/aromatic N) is 2. The third kappa shape index (κ3) is 3.86. The van der Waals surface area contributed by atoms with Crippen LogP contribution in [0, 0.1) is 0 Å². The van der Waals surface area contributed by atoms with Gasteiger partial charge in [0.1, 0.15) is 6.17 Å². The quantitative estimate of drug-likeness (QED) is 0.478. The minimum Gasteiger partial charge on any atom is -0.302 e. The van der Waals surface area contributed by atoms with Crippen molar-refractivity contribution in [3.8, 4) is 0 Å². The first-order valence-corrected chi connectivity index (χ1v) is 9.11. The molecular weight excluding hydrogens is 358 g/mol. The van der Waals surface area contributed by atoms with Gasteiger partial charge in [0.05, 0.1) is 11.4 Å². The van der Waals surface area contributed by atoms with Crippen molar-refractivity contribution in [2.24, 2.45) is 10.8 Å². The molecule has 0 aromatic heterocycles. The molecule has 0 spiro atoms. The van der Waals surface area contributed by atoms with Crippen molar-refractivity contribution in [2.75, 3.05) is 5.43 Å². The number of nitrogens with two attached hydrogens (primary N) is 1. The van der Waals surface area contributed by atoms with E-state index in [1.807, 2.05) is 60.7 Å². The van der Waals surface area contributed by atoms with Crippen LogP contribution < -0.4 is 16.8 Å². The minimum absolute atomic E-state index is 0.240. The molecule has 4 rings (SSSR count). The summed E-state index contributed by atoms with van der Waals surface area (Å²) in [4.78, 5) is 5.06. The number of hydrogen-bond donors (Lipinski definition) is 3. The molecule has 1 aliphatic heterocycles. The Bertz CT molecular complexity index is 940. The lowest BCUT2D eigenvalue weighted by Crippen LogP contribution is -2.52. The molecule has 5 nitrogen and oxygen atoms in total. The van der Waals surface area contributed by atoms with Crippen LogP contribution in [-0.4, -0.2) is 17.0 Å². The average Bonchev–Trinajstić information content (AvgIpc) is 2.86. The number of rotatable bonds is 4. The fourth-order valence-electron chi connectivity index (χ4n) is 3.19. The van der Waals surface area contributed by atoms with Gasteiger partial charge in [-0.3, -0.25) is 10.8 Å². The second-order valence-corrected chi connectivity index (χ2v) is 6.75. The summed E-state index contributed by atoms with van der Waals surface area (Å²) in [5, 5.41) is 2.43. The largest absolute Gasteiger partial charge is 0.302 e. The molecule has 4 N–H and O–H groups in total. The Hall–Kier alpha value is -2.70. The maximum atomic E-state index is 6.08. The zero-order valence-corrected chi connectivity index (χ0v) is 15.4. The maximum absolute atomic E-state index is 6.08. The lowest BCUT2D eigenvalue weighted by atomic mass is 10.0. The number of para-hydroxylation sites is 1. The fourth-order valence-corrected chi connectivity index (χ4v) is 3.31. The SMILES string of the molecule is NNN1Nc2ccccc2C(c2ccc(Cl)cc2)=NC1Cc1ccccc1. The number of fused-ring (bicyclic) bond motifs is 1. The van der Waals surface area contributed by atoms with E-state index in [0.29, 0.717) is 11.4 Å². The number of aliphatic imine (C=N–C) groups is 1. The molecule has 0 fully saturated rings. The van der Waals surface area contributed by atoms with E-state index in [0.717, 1.165) is 22.5 Å². The van der Waals surface area contributed by atoms with E-state index in [-0.39, 0.29) is 6.17 Å². The molecule has 0 saturated carbocycles. The van der Waals surface area contributed by atoms with Crippen LogP contribution >= 0.6 is 11.6 Å². The third-order valence-electron chi connectivity index (χ3n) is 4.52. The molecular formula is C21H20ClN5. The predicted octanol–water partition coefficient (Wildman–Crippen LogP) is 3.77. The molecule has 6 heteroatoms. The number of anilines is 1. The molecule has 0 amide bonds. The lowest BCUT2D eigenvalue weighted by Gasteiger charge is -2.27. The lowest BCUT2D eigenvalue weighted by molar-refractivity contribution is 0.168. The summed E-state index contributed by atoms with van der Waals surface area (Å²) in [6, 6.07) is 26.0. The van der Waals surface area contributed by atoms with Crippen molar-refractivity contribution < 1.29 is 0 Å². The second kappa shape index (κ2) is 7.90. The van der Waals surface area contributed by atoms with Crippen molar-refractivity contribution in [3.63, 3.8) is 0 Å². The van der Waals surface area contributed by atoms with Crippen LogP contribution in [0.4, 0.5) is 5.69 Å². The number of hydrogen-bond acceptors (Lipinski definition) is 5. The number of nitrogens with one attached hydrogen (secondary N) is 2. The molecule has 0 aliphatic carbocycles. The normalized spacial score (nSPS) is 16.8. The zero-order chi connectivity index (χ0) is 18.6. The molecule has 0 radical (unpaired) electrons. The number of halogens is 1. The zero-order valence-electron chi connectivity index (χ0n) is 14.6. The van der Waals surface area contributed by atoms with Gasteiger partial charge in [-0.05, 0) is 23.8 Å². The average molecular weight is 378 g/mol. The highest BCUT2D eigenvalue weighted by molar-refractivity contribution is 6.30. The number of hydrazine groups is 3. The van der Waals surface area contributed by atoms with E-state index in [9.17, 15) is 0 Å². The third-order valence-corrected chi connectivity index (χ3v) is 4.77. The van der Waals surface area contributed by atoms with Crippen molar-refractivity contribution in [3.05, 3.63) is 101 Å². The molecule has 1 unspecified atom stereocenters. The highest BCUT2D eigenvalue weighted by atomic mass is 35.5. The second-order valence-electron chi connectivity index (χ2n) is 6.31. The highest BCUT2D eigenvalue weighted by Gasteiger charge is 2.25.